The summed E-state index contributed by atoms with van der Waals surface area (Å²) in [6.07, 6.45) is -1.63. The molecule has 2 aliphatic heterocycles. The first-order valence-electron chi connectivity index (χ1n) is 4.04. The van der Waals surface area contributed by atoms with Gasteiger partial charge in [-0.25, -0.2) is 8.37 Å². The third-order valence-electron chi connectivity index (χ3n) is 2.26. The Kier molecular flexibility index (Phi) is 2.22. The van der Waals surface area contributed by atoms with Crippen LogP contribution < -0.4 is 5.32 Å². The van der Waals surface area contributed by atoms with E-state index in [1.54, 1.807) is 0 Å². The van der Waals surface area contributed by atoms with Crippen LogP contribution in [0.3, 0.4) is 0 Å². The molecule has 0 bridgehead atoms. The average Bonchev–Trinajstić information content (AvgIpc) is 2.36. The van der Waals surface area contributed by atoms with Gasteiger partial charge in [0, 0.05) is 13.1 Å². The highest BCUT2D eigenvalue weighted by Gasteiger charge is 2.49. The molecule has 7 nitrogen and oxygen atoms in total. The first kappa shape index (κ1) is 9.84. The van der Waals surface area contributed by atoms with Crippen molar-refractivity contribution in [2.45, 2.75) is 12.2 Å². The Bertz CT molecular complexity index is 351. The smallest absolute Gasteiger partial charge is 0.400 e. The lowest BCUT2D eigenvalue weighted by Crippen LogP contribution is -2.51. The summed E-state index contributed by atoms with van der Waals surface area (Å²) in [5.41, 5.74) is 0. The minimum absolute atomic E-state index is 0.190. The molecule has 0 saturated carbocycles. The fraction of sp³-hybridized carbons (Fsp3) is 0.833. The van der Waals surface area contributed by atoms with Crippen LogP contribution in [0.5, 0.6) is 0 Å². The molecule has 8 heteroatoms. The maximum absolute atomic E-state index is 10.9. The van der Waals surface area contributed by atoms with Crippen LogP contribution in [0.1, 0.15) is 0 Å². The predicted molar refractivity (Wildman–Crippen MR) is 42.7 cm³/mol. The van der Waals surface area contributed by atoms with Crippen LogP contribution in [-0.4, -0.2) is 44.8 Å². The van der Waals surface area contributed by atoms with Gasteiger partial charge in [-0.3, -0.25) is 4.79 Å². The number of nitrogens with one attached hydrogen (secondary N) is 1. The molecule has 2 N–H and O–H groups in total. The predicted octanol–water partition coefficient (Wildman–Crippen LogP) is -1.68. The SMILES string of the molecule is O=C(O)C1CNC[C@H]2OS(=O)(=O)O[C@@H]12. The Morgan fingerprint density at radius 3 is 2.71 bits per heavy atom. The van der Waals surface area contributed by atoms with E-state index < -0.39 is 34.5 Å². The van der Waals surface area contributed by atoms with Crippen molar-refractivity contribution in [1.29, 1.82) is 0 Å². The van der Waals surface area contributed by atoms with Gasteiger partial charge in [0.25, 0.3) is 0 Å². The van der Waals surface area contributed by atoms with Crippen molar-refractivity contribution < 1.29 is 26.7 Å². The molecule has 2 rings (SSSR count). The highest BCUT2D eigenvalue weighted by atomic mass is 32.3. The Balaban J connectivity index is 2.22. The summed E-state index contributed by atoms with van der Waals surface area (Å²) in [7, 11) is -4.00. The van der Waals surface area contributed by atoms with E-state index in [1.807, 2.05) is 0 Å². The molecule has 3 atom stereocenters. The average molecular weight is 223 g/mol. The maximum atomic E-state index is 10.9. The van der Waals surface area contributed by atoms with E-state index in [4.69, 9.17) is 5.11 Å². The Labute approximate surface area is 80.3 Å². The molecular formula is C6H9NO6S. The summed E-state index contributed by atoms with van der Waals surface area (Å²) in [5.74, 6) is -1.97. The first-order chi connectivity index (χ1) is 6.49. The molecule has 80 valence electrons. The second kappa shape index (κ2) is 3.16. The molecular weight excluding hydrogens is 214 g/mol. The standard InChI is InChI=1S/C6H9NO6S/c8-6(9)3-1-7-2-4-5(3)13-14(10,11)12-4/h3-5,7H,1-2H2,(H,8,9)/t3?,4-,5+/m1/s1. The Morgan fingerprint density at radius 1 is 1.36 bits per heavy atom. The largest absolute Gasteiger partial charge is 0.481 e. The molecule has 2 fully saturated rings. The summed E-state index contributed by atoms with van der Waals surface area (Å²) in [5, 5.41) is 11.6. The molecule has 0 radical (unpaired) electrons. The number of hydrogen-bond acceptors (Lipinski definition) is 6. The van der Waals surface area contributed by atoms with Crippen LogP contribution in [0.4, 0.5) is 0 Å². The lowest BCUT2D eigenvalue weighted by atomic mass is 9.94. The van der Waals surface area contributed by atoms with Crippen LogP contribution >= 0.6 is 0 Å². The highest BCUT2D eigenvalue weighted by Crippen LogP contribution is 2.28. The minimum Gasteiger partial charge on any atom is -0.481 e. The van der Waals surface area contributed by atoms with E-state index in [9.17, 15) is 13.2 Å². The van der Waals surface area contributed by atoms with Crippen molar-refractivity contribution in [2.75, 3.05) is 13.1 Å². The van der Waals surface area contributed by atoms with Gasteiger partial charge in [-0.15, -0.1) is 0 Å². The normalized spacial score (nSPS) is 40.4. The van der Waals surface area contributed by atoms with Crippen molar-refractivity contribution >= 4 is 16.4 Å². The number of carboxylic acids is 1. The van der Waals surface area contributed by atoms with Gasteiger partial charge in [-0.2, -0.15) is 8.42 Å². The lowest BCUT2D eigenvalue weighted by molar-refractivity contribution is -0.146. The molecule has 2 saturated heterocycles. The number of carboxylic acid groups (broad SMARTS) is 1. The number of piperidine rings is 1. The lowest BCUT2D eigenvalue weighted by Gasteiger charge is -2.27. The molecule has 0 amide bonds. The third-order valence-corrected chi connectivity index (χ3v) is 3.20. The zero-order chi connectivity index (χ0) is 10.3. The minimum atomic E-state index is -4.00. The zero-order valence-corrected chi connectivity index (χ0v) is 7.86. The van der Waals surface area contributed by atoms with Gasteiger partial charge < -0.3 is 10.4 Å². The van der Waals surface area contributed by atoms with E-state index in [1.165, 1.54) is 0 Å². The maximum Gasteiger partial charge on any atom is 0.400 e. The number of hydrogen-bond donors (Lipinski definition) is 2. The van der Waals surface area contributed by atoms with Crippen molar-refractivity contribution in [2.24, 2.45) is 5.92 Å². The van der Waals surface area contributed by atoms with Gasteiger partial charge in [0.15, 0.2) is 0 Å². The summed E-state index contributed by atoms with van der Waals surface area (Å²) < 4.78 is 30.9. The summed E-state index contributed by atoms with van der Waals surface area (Å²) in [6.45, 7) is 0.475. The van der Waals surface area contributed by atoms with Crippen molar-refractivity contribution in [3.05, 3.63) is 0 Å². The second-order valence-electron chi connectivity index (χ2n) is 3.21. The molecule has 0 aliphatic carbocycles. The molecule has 2 aliphatic rings. The zero-order valence-electron chi connectivity index (χ0n) is 7.04. The number of carbonyl (C=O) groups is 1. The van der Waals surface area contributed by atoms with Gasteiger partial charge in [-0.1, -0.05) is 0 Å². The molecule has 1 unspecified atom stereocenters. The second-order valence-corrected chi connectivity index (χ2v) is 4.41. The monoisotopic (exact) mass is 223 g/mol. The van der Waals surface area contributed by atoms with Gasteiger partial charge in [0.1, 0.15) is 12.2 Å². The molecule has 14 heavy (non-hydrogen) atoms. The molecule has 0 spiro atoms. The van der Waals surface area contributed by atoms with E-state index in [-0.39, 0.29) is 13.1 Å². The third kappa shape index (κ3) is 1.61. The van der Waals surface area contributed by atoms with Crippen molar-refractivity contribution in [3.63, 3.8) is 0 Å². The number of rotatable bonds is 1. The molecule has 0 aromatic heterocycles. The van der Waals surface area contributed by atoms with Gasteiger partial charge >= 0.3 is 16.4 Å². The quantitative estimate of drug-likeness (QED) is 0.547. The molecule has 0 aromatic rings. The fourth-order valence-corrected chi connectivity index (χ4v) is 2.68. The van der Waals surface area contributed by atoms with Crippen LogP contribution in [-0.2, 0) is 23.6 Å². The van der Waals surface area contributed by atoms with Crippen LogP contribution in [0.25, 0.3) is 0 Å². The van der Waals surface area contributed by atoms with Gasteiger partial charge in [0.05, 0.1) is 5.92 Å². The van der Waals surface area contributed by atoms with Crippen molar-refractivity contribution in [1.82, 2.24) is 5.32 Å². The fourth-order valence-electron chi connectivity index (χ4n) is 1.63. The van der Waals surface area contributed by atoms with Crippen LogP contribution in [0.15, 0.2) is 0 Å². The summed E-state index contributed by atoms with van der Waals surface area (Å²) in [6, 6.07) is 0. The van der Waals surface area contributed by atoms with Crippen LogP contribution in [0, 0.1) is 5.92 Å². The van der Waals surface area contributed by atoms with Gasteiger partial charge in [0.2, 0.25) is 0 Å². The molecule has 0 aromatic carbocycles. The number of fused-ring (bicyclic) bond motifs is 1. The highest BCUT2D eigenvalue weighted by molar-refractivity contribution is 7.82. The first-order valence-corrected chi connectivity index (χ1v) is 5.38. The summed E-state index contributed by atoms with van der Waals surface area (Å²) >= 11 is 0. The topological polar surface area (TPSA) is 102 Å². The number of aliphatic carboxylic acids is 1. The Morgan fingerprint density at radius 2 is 2.07 bits per heavy atom. The van der Waals surface area contributed by atoms with E-state index in [0.29, 0.717) is 0 Å². The van der Waals surface area contributed by atoms with Gasteiger partial charge in [-0.05, 0) is 0 Å². The van der Waals surface area contributed by atoms with E-state index in [2.05, 4.69) is 13.7 Å². The van der Waals surface area contributed by atoms with E-state index >= 15 is 0 Å². The van der Waals surface area contributed by atoms with E-state index in [0.717, 1.165) is 0 Å². The van der Waals surface area contributed by atoms with Crippen molar-refractivity contribution in [3.8, 4) is 0 Å². The summed E-state index contributed by atoms with van der Waals surface area (Å²) in [4.78, 5) is 10.7. The molecule has 2 heterocycles. The Hall–Kier alpha value is -0.700. The van der Waals surface area contributed by atoms with Crippen LogP contribution in [0.2, 0.25) is 0 Å².